The lowest BCUT2D eigenvalue weighted by Crippen LogP contribution is -2.47. The molecule has 2 heterocycles. The summed E-state index contributed by atoms with van der Waals surface area (Å²) in [6.07, 6.45) is 1.24. The molecule has 1 aromatic heterocycles. The Morgan fingerprint density at radius 3 is 2.70 bits per heavy atom. The molecule has 0 aliphatic carbocycles. The number of rotatable bonds is 2. The fraction of sp³-hybridized carbons (Fsp3) is 0.333. The summed E-state index contributed by atoms with van der Waals surface area (Å²) in [5, 5.41) is 0. The van der Waals surface area contributed by atoms with E-state index in [2.05, 4.69) is 4.98 Å². The maximum Gasteiger partial charge on any atom is 0.259 e. The number of pyridine rings is 1. The van der Waals surface area contributed by atoms with Gasteiger partial charge in [0, 0.05) is 24.5 Å². The molecule has 2 aromatic rings. The summed E-state index contributed by atoms with van der Waals surface area (Å²) in [6.45, 7) is 4.66. The van der Waals surface area contributed by atoms with Crippen LogP contribution in [0.1, 0.15) is 34.6 Å². The predicted octanol–water partition coefficient (Wildman–Crippen LogP) is 2.29. The van der Waals surface area contributed by atoms with Gasteiger partial charge in [-0.3, -0.25) is 9.59 Å². The Morgan fingerprint density at radius 2 is 2.00 bits per heavy atom. The summed E-state index contributed by atoms with van der Waals surface area (Å²) in [5.41, 5.74) is 1.71. The number of carbonyl (C=O) groups is 1. The van der Waals surface area contributed by atoms with E-state index in [-0.39, 0.29) is 29.1 Å². The minimum Gasteiger partial charge on any atom is -0.367 e. The van der Waals surface area contributed by atoms with Gasteiger partial charge >= 0.3 is 0 Å². The molecule has 5 nitrogen and oxygen atoms in total. The standard InChI is InChI=1S/C18H20N2O3/c1-12-8-16(21)15(9-19-12)18(22)20-10-13(2)23-17(11-20)14-6-4-3-5-7-14/h3-9,13,17H,10-11H2,1-2H3,(H,19,21)/t13-,17-/m1/s1. The number of morpholine rings is 1. The molecule has 23 heavy (non-hydrogen) atoms. The molecule has 2 atom stereocenters. The molecule has 120 valence electrons. The number of aryl methyl sites for hydroxylation is 1. The molecule has 1 aliphatic heterocycles. The summed E-state index contributed by atoms with van der Waals surface area (Å²) >= 11 is 0. The van der Waals surface area contributed by atoms with Crippen molar-refractivity contribution in [2.24, 2.45) is 0 Å². The summed E-state index contributed by atoms with van der Waals surface area (Å²) in [7, 11) is 0. The van der Waals surface area contributed by atoms with Crippen molar-refractivity contribution in [3.63, 3.8) is 0 Å². The highest BCUT2D eigenvalue weighted by Gasteiger charge is 2.30. The number of H-pyrrole nitrogens is 1. The van der Waals surface area contributed by atoms with Gasteiger partial charge in [-0.05, 0) is 19.4 Å². The Labute approximate surface area is 134 Å². The van der Waals surface area contributed by atoms with Gasteiger partial charge in [0.2, 0.25) is 0 Å². The van der Waals surface area contributed by atoms with Crippen LogP contribution in [0, 0.1) is 6.92 Å². The molecule has 1 fully saturated rings. The van der Waals surface area contributed by atoms with Gasteiger partial charge in [0.05, 0.1) is 12.6 Å². The highest BCUT2D eigenvalue weighted by Crippen LogP contribution is 2.25. The van der Waals surface area contributed by atoms with Gasteiger partial charge in [0.25, 0.3) is 5.91 Å². The molecule has 1 saturated heterocycles. The lowest BCUT2D eigenvalue weighted by molar-refractivity contribution is -0.0692. The van der Waals surface area contributed by atoms with E-state index < -0.39 is 0 Å². The third-order valence-electron chi connectivity index (χ3n) is 4.01. The van der Waals surface area contributed by atoms with Crippen LogP contribution in [0.5, 0.6) is 0 Å². The molecule has 0 bridgehead atoms. The summed E-state index contributed by atoms with van der Waals surface area (Å²) in [6, 6.07) is 11.3. The number of aromatic amines is 1. The van der Waals surface area contributed by atoms with Crippen LogP contribution in [0.3, 0.4) is 0 Å². The number of carbonyl (C=O) groups excluding carboxylic acids is 1. The maximum atomic E-state index is 12.7. The monoisotopic (exact) mass is 312 g/mol. The molecule has 0 spiro atoms. The molecule has 3 rings (SSSR count). The van der Waals surface area contributed by atoms with E-state index in [1.807, 2.05) is 37.3 Å². The van der Waals surface area contributed by atoms with E-state index in [1.165, 1.54) is 12.3 Å². The smallest absolute Gasteiger partial charge is 0.259 e. The second kappa shape index (κ2) is 6.38. The zero-order valence-corrected chi connectivity index (χ0v) is 13.3. The minimum atomic E-state index is -0.248. The van der Waals surface area contributed by atoms with Crippen LogP contribution in [0.2, 0.25) is 0 Å². The molecule has 5 heteroatoms. The second-order valence-corrected chi connectivity index (χ2v) is 5.95. The molecule has 0 radical (unpaired) electrons. The van der Waals surface area contributed by atoms with Crippen molar-refractivity contribution in [3.05, 3.63) is 69.6 Å². The van der Waals surface area contributed by atoms with E-state index >= 15 is 0 Å². The number of aromatic nitrogens is 1. The first kappa shape index (κ1) is 15.5. The van der Waals surface area contributed by atoms with Gasteiger partial charge in [0.15, 0.2) is 5.43 Å². The molecule has 1 aromatic carbocycles. The molecule has 1 amide bonds. The van der Waals surface area contributed by atoms with Crippen molar-refractivity contribution in [2.45, 2.75) is 26.1 Å². The van der Waals surface area contributed by atoms with E-state index in [0.717, 1.165) is 11.3 Å². The average Bonchev–Trinajstić information content (AvgIpc) is 2.54. The number of hydrogen-bond donors (Lipinski definition) is 1. The Morgan fingerprint density at radius 1 is 1.26 bits per heavy atom. The van der Waals surface area contributed by atoms with Crippen molar-refractivity contribution in [1.29, 1.82) is 0 Å². The molecule has 0 saturated carbocycles. The first-order valence-electron chi connectivity index (χ1n) is 7.73. The molecule has 1 aliphatic rings. The van der Waals surface area contributed by atoms with Gasteiger partial charge in [0.1, 0.15) is 11.7 Å². The number of benzene rings is 1. The lowest BCUT2D eigenvalue weighted by Gasteiger charge is -2.37. The Balaban J connectivity index is 1.84. The third-order valence-corrected chi connectivity index (χ3v) is 4.01. The van der Waals surface area contributed by atoms with E-state index in [0.29, 0.717) is 13.1 Å². The van der Waals surface area contributed by atoms with Crippen LogP contribution in [-0.2, 0) is 4.74 Å². The van der Waals surface area contributed by atoms with Gasteiger partial charge in [-0.25, -0.2) is 0 Å². The van der Waals surface area contributed by atoms with E-state index in [9.17, 15) is 9.59 Å². The number of nitrogens with zero attached hydrogens (tertiary/aromatic N) is 1. The SMILES string of the molecule is Cc1cc(=O)c(C(=O)N2C[C@@H](C)O[C@@H](c3ccccc3)C2)c[nH]1. The fourth-order valence-electron chi connectivity index (χ4n) is 2.88. The quantitative estimate of drug-likeness (QED) is 0.925. The van der Waals surface area contributed by atoms with E-state index in [4.69, 9.17) is 4.74 Å². The first-order chi connectivity index (χ1) is 11.0. The Kier molecular flexibility index (Phi) is 4.30. The van der Waals surface area contributed by atoms with Crippen molar-refractivity contribution in [3.8, 4) is 0 Å². The Hall–Kier alpha value is -2.40. The van der Waals surface area contributed by atoms with Crippen LogP contribution >= 0.6 is 0 Å². The fourth-order valence-corrected chi connectivity index (χ4v) is 2.88. The zero-order valence-electron chi connectivity index (χ0n) is 13.3. The van der Waals surface area contributed by atoms with Crippen LogP contribution < -0.4 is 5.43 Å². The van der Waals surface area contributed by atoms with Gasteiger partial charge < -0.3 is 14.6 Å². The molecular weight excluding hydrogens is 292 g/mol. The van der Waals surface area contributed by atoms with Crippen LogP contribution in [0.4, 0.5) is 0 Å². The first-order valence-corrected chi connectivity index (χ1v) is 7.73. The second-order valence-electron chi connectivity index (χ2n) is 5.95. The highest BCUT2D eigenvalue weighted by molar-refractivity contribution is 5.94. The summed E-state index contributed by atoms with van der Waals surface area (Å²) < 4.78 is 5.96. The van der Waals surface area contributed by atoms with Gasteiger partial charge in [-0.1, -0.05) is 30.3 Å². The van der Waals surface area contributed by atoms with Gasteiger partial charge in [-0.2, -0.15) is 0 Å². The minimum absolute atomic E-state index is 0.0811. The van der Waals surface area contributed by atoms with Crippen molar-refractivity contribution in [2.75, 3.05) is 13.1 Å². The topological polar surface area (TPSA) is 62.4 Å². The molecule has 0 unspecified atom stereocenters. The lowest BCUT2D eigenvalue weighted by atomic mass is 10.1. The maximum absolute atomic E-state index is 12.7. The summed E-state index contributed by atoms with van der Waals surface area (Å²) in [4.78, 5) is 29.4. The van der Waals surface area contributed by atoms with E-state index in [1.54, 1.807) is 11.8 Å². The third kappa shape index (κ3) is 3.35. The number of nitrogens with one attached hydrogen (secondary N) is 1. The van der Waals surface area contributed by atoms with Crippen LogP contribution in [0.15, 0.2) is 47.4 Å². The normalized spacial score (nSPS) is 21.2. The zero-order chi connectivity index (χ0) is 16.4. The number of amides is 1. The number of ether oxygens (including phenoxy) is 1. The highest BCUT2D eigenvalue weighted by atomic mass is 16.5. The largest absolute Gasteiger partial charge is 0.367 e. The average molecular weight is 312 g/mol. The van der Waals surface area contributed by atoms with Crippen molar-refractivity contribution < 1.29 is 9.53 Å². The van der Waals surface area contributed by atoms with Gasteiger partial charge in [-0.15, -0.1) is 0 Å². The molecule has 1 N–H and O–H groups in total. The molecular formula is C18H20N2O3. The predicted molar refractivity (Wildman–Crippen MR) is 87.4 cm³/mol. The van der Waals surface area contributed by atoms with Crippen LogP contribution in [0.25, 0.3) is 0 Å². The summed E-state index contributed by atoms with van der Waals surface area (Å²) in [5.74, 6) is -0.248. The van der Waals surface area contributed by atoms with Crippen molar-refractivity contribution in [1.82, 2.24) is 9.88 Å². The van der Waals surface area contributed by atoms with Crippen LogP contribution in [-0.4, -0.2) is 35.0 Å². The van der Waals surface area contributed by atoms with Crippen molar-refractivity contribution >= 4 is 5.91 Å². The number of hydrogen-bond acceptors (Lipinski definition) is 3. The Bertz CT molecular complexity index is 754.